The van der Waals surface area contributed by atoms with Gasteiger partial charge in [-0.2, -0.15) is 0 Å². The summed E-state index contributed by atoms with van der Waals surface area (Å²) in [6, 6.07) is 0. The molecule has 2 fully saturated rings. The number of likely N-dealkylation sites (tertiary alicyclic amines) is 1. The SMILES string of the molecule is Cl.O=C(CCC1CCNCC1)NCCN1C(=O)CCC1=O. The number of piperidine rings is 1. The summed E-state index contributed by atoms with van der Waals surface area (Å²) in [6.07, 6.45) is 4.36. The Morgan fingerprint density at radius 1 is 1.19 bits per heavy atom. The summed E-state index contributed by atoms with van der Waals surface area (Å²) in [7, 11) is 0. The van der Waals surface area contributed by atoms with E-state index in [-0.39, 0.29) is 30.1 Å². The molecule has 0 atom stereocenters. The molecule has 0 aromatic heterocycles. The second kappa shape index (κ2) is 9.00. The molecule has 120 valence electrons. The number of carbonyl (C=O) groups excluding carboxylic acids is 3. The highest BCUT2D eigenvalue weighted by Crippen LogP contribution is 2.17. The van der Waals surface area contributed by atoms with Crippen LogP contribution in [0.3, 0.4) is 0 Å². The van der Waals surface area contributed by atoms with E-state index in [1.165, 1.54) is 4.90 Å². The summed E-state index contributed by atoms with van der Waals surface area (Å²) < 4.78 is 0. The molecule has 2 aliphatic rings. The Morgan fingerprint density at radius 3 is 2.43 bits per heavy atom. The Bertz CT molecular complexity index is 368. The van der Waals surface area contributed by atoms with Crippen molar-refractivity contribution in [3.05, 3.63) is 0 Å². The van der Waals surface area contributed by atoms with Gasteiger partial charge in [0, 0.05) is 32.4 Å². The highest BCUT2D eigenvalue weighted by atomic mass is 35.5. The van der Waals surface area contributed by atoms with Crippen molar-refractivity contribution in [3.8, 4) is 0 Å². The van der Waals surface area contributed by atoms with E-state index in [1.807, 2.05) is 0 Å². The van der Waals surface area contributed by atoms with Gasteiger partial charge in [-0.1, -0.05) is 0 Å². The molecule has 0 spiro atoms. The van der Waals surface area contributed by atoms with E-state index >= 15 is 0 Å². The minimum atomic E-state index is -0.126. The topological polar surface area (TPSA) is 78.5 Å². The van der Waals surface area contributed by atoms with Gasteiger partial charge < -0.3 is 10.6 Å². The number of halogens is 1. The van der Waals surface area contributed by atoms with Gasteiger partial charge in [0.2, 0.25) is 17.7 Å². The predicted molar refractivity (Wildman–Crippen MR) is 81.0 cm³/mol. The third-order valence-electron chi connectivity index (χ3n) is 4.05. The molecule has 0 aromatic carbocycles. The largest absolute Gasteiger partial charge is 0.354 e. The van der Waals surface area contributed by atoms with E-state index in [2.05, 4.69) is 10.6 Å². The van der Waals surface area contributed by atoms with Crippen LogP contribution in [0.4, 0.5) is 0 Å². The molecule has 2 heterocycles. The maximum absolute atomic E-state index is 11.7. The van der Waals surface area contributed by atoms with E-state index < -0.39 is 0 Å². The zero-order valence-corrected chi connectivity index (χ0v) is 13.0. The molecule has 6 nitrogen and oxygen atoms in total. The average molecular weight is 318 g/mol. The summed E-state index contributed by atoms with van der Waals surface area (Å²) in [6.45, 7) is 2.76. The standard InChI is InChI=1S/C14H23N3O3.ClH/c18-12(2-1-11-5-7-15-8-6-11)16-9-10-17-13(19)3-4-14(17)20;/h11,15H,1-10H2,(H,16,18);1H. The number of amides is 3. The van der Waals surface area contributed by atoms with Gasteiger partial charge in [-0.25, -0.2) is 0 Å². The lowest BCUT2D eigenvalue weighted by Gasteiger charge is -2.22. The number of nitrogens with one attached hydrogen (secondary N) is 2. The molecule has 0 aromatic rings. The van der Waals surface area contributed by atoms with Crippen LogP contribution in [-0.4, -0.2) is 48.8 Å². The highest BCUT2D eigenvalue weighted by Gasteiger charge is 2.28. The van der Waals surface area contributed by atoms with E-state index in [9.17, 15) is 14.4 Å². The fourth-order valence-electron chi connectivity index (χ4n) is 2.77. The van der Waals surface area contributed by atoms with Gasteiger partial charge in [0.25, 0.3) is 0 Å². The van der Waals surface area contributed by atoms with Crippen LogP contribution >= 0.6 is 12.4 Å². The molecule has 0 aliphatic carbocycles. The third kappa shape index (κ3) is 5.63. The minimum Gasteiger partial charge on any atom is -0.354 e. The van der Waals surface area contributed by atoms with Gasteiger partial charge in [-0.15, -0.1) is 12.4 Å². The van der Waals surface area contributed by atoms with Crippen molar-refractivity contribution >= 4 is 30.1 Å². The van der Waals surface area contributed by atoms with Gasteiger partial charge in [-0.05, 0) is 38.3 Å². The normalized spacial score (nSPS) is 19.5. The summed E-state index contributed by atoms with van der Waals surface area (Å²) in [5, 5.41) is 6.10. The van der Waals surface area contributed by atoms with Crippen LogP contribution in [0.1, 0.15) is 38.5 Å². The van der Waals surface area contributed by atoms with Crippen LogP contribution in [-0.2, 0) is 14.4 Å². The molecule has 3 amide bonds. The van der Waals surface area contributed by atoms with Crippen molar-refractivity contribution in [1.82, 2.24) is 15.5 Å². The van der Waals surface area contributed by atoms with Crippen LogP contribution in [0, 0.1) is 5.92 Å². The van der Waals surface area contributed by atoms with E-state index in [0.717, 1.165) is 32.4 Å². The monoisotopic (exact) mass is 317 g/mol. The maximum atomic E-state index is 11.7. The molecule has 2 aliphatic heterocycles. The molecule has 21 heavy (non-hydrogen) atoms. The van der Waals surface area contributed by atoms with E-state index in [1.54, 1.807) is 0 Å². The summed E-state index contributed by atoms with van der Waals surface area (Å²) >= 11 is 0. The molecular formula is C14H24ClN3O3. The van der Waals surface area contributed by atoms with Crippen molar-refractivity contribution in [1.29, 1.82) is 0 Å². The first-order valence-corrected chi connectivity index (χ1v) is 7.47. The number of imide groups is 1. The fourth-order valence-corrected chi connectivity index (χ4v) is 2.77. The molecule has 2 saturated heterocycles. The number of hydrogen-bond acceptors (Lipinski definition) is 4. The smallest absolute Gasteiger partial charge is 0.229 e. The first-order chi connectivity index (χ1) is 9.66. The van der Waals surface area contributed by atoms with Gasteiger partial charge in [0.05, 0.1) is 0 Å². The molecule has 2 rings (SSSR count). The highest BCUT2D eigenvalue weighted by molar-refractivity contribution is 6.01. The fraction of sp³-hybridized carbons (Fsp3) is 0.786. The van der Waals surface area contributed by atoms with Crippen molar-refractivity contribution in [3.63, 3.8) is 0 Å². The van der Waals surface area contributed by atoms with E-state index in [4.69, 9.17) is 0 Å². The number of hydrogen-bond donors (Lipinski definition) is 2. The predicted octanol–water partition coefficient (Wildman–Crippen LogP) is 0.453. The molecule has 0 bridgehead atoms. The number of nitrogens with zero attached hydrogens (tertiary/aromatic N) is 1. The molecule has 2 N–H and O–H groups in total. The Morgan fingerprint density at radius 2 is 1.81 bits per heavy atom. The Hall–Kier alpha value is -1.14. The minimum absolute atomic E-state index is 0. The molecule has 7 heteroatoms. The first kappa shape index (κ1) is 17.9. The van der Waals surface area contributed by atoms with Gasteiger partial charge in [0.15, 0.2) is 0 Å². The Balaban J connectivity index is 0.00000220. The van der Waals surface area contributed by atoms with Crippen LogP contribution in [0.5, 0.6) is 0 Å². The van der Waals surface area contributed by atoms with Crippen molar-refractivity contribution in [2.45, 2.75) is 38.5 Å². The lowest BCUT2D eigenvalue weighted by molar-refractivity contribution is -0.138. The number of carbonyl (C=O) groups is 3. The molecule has 0 radical (unpaired) electrons. The zero-order valence-electron chi connectivity index (χ0n) is 12.2. The summed E-state index contributed by atoms with van der Waals surface area (Å²) in [5.41, 5.74) is 0. The lowest BCUT2D eigenvalue weighted by atomic mass is 9.93. The first-order valence-electron chi connectivity index (χ1n) is 7.47. The Labute approximate surface area is 131 Å². The van der Waals surface area contributed by atoms with E-state index in [0.29, 0.717) is 38.3 Å². The maximum Gasteiger partial charge on any atom is 0.229 e. The van der Waals surface area contributed by atoms with Crippen LogP contribution in [0.25, 0.3) is 0 Å². The van der Waals surface area contributed by atoms with Gasteiger partial charge >= 0.3 is 0 Å². The molecular weight excluding hydrogens is 294 g/mol. The van der Waals surface area contributed by atoms with Crippen molar-refractivity contribution in [2.75, 3.05) is 26.2 Å². The Kier molecular flexibility index (Phi) is 7.67. The second-order valence-electron chi connectivity index (χ2n) is 5.52. The third-order valence-corrected chi connectivity index (χ3v) is 4.05. The summed E-state index contributed by atoms with van der Waals surface area (Å²) in [5.74, 6) is 0.407. The molecule has 0 unspecified atom stereocenters. The summed E-state index contributed by atoms with van der Waals surface area (Å²) in [4.78, 5) is 35.7. The number of rotatable bonds is 6. The average Bonchev–Trinajstić information content (AvgIpc) is 2.78. The molecule has 0 saturated carbocycles. The van der Waals surface area contributed by atoms with Crippen molar-refractivity contribution < 1.29 is 14.4 Å². The lowest BCUT2D eigenvalue weighted by Crippen LogP contribution is -2.38. The van der Waals surface area contributed by atoms with Crippen LogP contribution in [0.2, 0.25) is 0 Å². The van der Waals surface area contributed by atoms with Crippen molar-refractivity contribution in [2.24, 2.45) is 5.92 Å². The van der Waals surface area contributed by atoms with Gasteiger partial charge in [0.1, 0.15) is 0 Å². The second-order valence-corrected chi connectivity index (χ2v) is 5.52. The van der Waals surface area contributed by atoms with Crippen LogP contribution in [0.15, 0.2) is 0 Å². The van der Waals surface area contributed by atoms with Crippen LogP contribution < -0.4 is 10.6 Å². The zero-order chi connectivity index (χ0) is 14.4. The quantitative estimate of drug-likeness (QED) is 0.697. The van der Waals surface area contributed by atoms with Gasteiger partial charge in [-0.3, -0.25) is 19.3 Å².